The molecule has 407 valence electrons. The molecule has 1 N–H and O–H groups in total. The van der Waals surface area contributed by atoms with Gasteiger partial charge in [-0.2, -0.15) is 4.98 Å². The van der Waals surface area contributed by atoms with Gasteiger partial charge in [0.1, 0.15) is 51.2 Å². The highest BCUT2D eigenvalue weighted by molar-refractivity contribution is 7.93. The Bertz CT molecular complexity index is 3970. The third-order valence-corrected chi connectivity index (χ3v) is 15.9. The highest BCUT2D eigenvalue weighted by atomic mass is 35.5. The summed E-state index contributed by atoms with van der Waals surface area (Å²) in [4.78, 5) is 33.0. The molecule has 0 saturated carbocycles. The lowest BCUT2D eigenvalue weighted by atomic mass is 10.1. The average Bonchev–Trinajstić information content (AvgIpc) is 3.50. The van der Waals surface area contributed by atoms with Crippen molar-refractivity contribution in [3.05, 3.63) is 197 Å². The second-order valence-corrected chi connectivity index (χ2v) is 21.3. The maximum absolute atomic E-state index is 14.0. The van der Waals surface area contributed by atoms with E-state index in [1.54, 1.807) is 124 Å². The number of sulfonamides is 2. The first-order valence-corrected chi connectivity index (χ1v) is 27.5. The van der Waals surface area contributed by atoms with Crippen LogP contribution in [0.4, 0.5) is 11.6 Å². The summed E-state index contributed by atoms with van der Waals surface area (Å²) < 4.78 is 82.9. The molecule has 80 heavy (non-hydrogen) atoms. The molecule has 0 amide bonds. The van der Waals surface area contributed by atoms with Crippen LogP contribution in [0.15, 0.2) is 181 Å². The Morgan fingerprint density at radius 3 is 1.49 bits per heavy atom. The lowest BCUT2D eigenvalue weighted by Crippen LogP contribution is -2.31. The van der Waals surface area contributed by atoms with Gasteiger partial charge in [0.15, 0.2) is 5.75 Å². The van der Waals surface area contributed by atoms with Gasteiger partial charge in [0.2, 0.25) is 5.88 Å². The first kappa shape index (κ1) is 57.7. The summed E-state index contributed by atoms with van der Waals surface area (Å²) in [7, 11) is -1.30. The third-order valence-electron chi connectivity index (χ3n) is 11.7. The normalized spacial score (nSPS) is 11.1. The minimum atomic E-state index is -4.02. The van der Waals surface area contributed by atoms with Crippen LogP contribution in [0.3, 0.4) is 0 Å². The van der Waals surface area contributed by atoms with Gasteiger partial charge in [0.25, 0.3) is 25.9 Å². The molecule has 0 spiro atoms. The summed E-state index contributed by atoms with van der Waals surface area (Å²) in [6.07, 6.45) is 8.80. The second kappa shape index (κ2) is 26.5. The van der Waals surface area contributed by atoms with Gasteiger partial charge in [0, 0.05) is 47.7 Å². The summed E-state index contributed by atoms with van der Waals surface area (Å²) in [6, 6.07) is 37.1. The van der Waals surface area contributed by atoms with E-state index in [2.05, 4.69) is 44.5 Å². The minimum absolute atomic E-state index is 0.0661. The molecule has 10 rings (SSSR count). The maximum Gasteiger partial charge on any atom is 0.569 e. The predicted molar refractivity (Wildman–Crippen MR) is 304 cm³/mol. The zero-order chi connectivity index (χ0) is 56.8. The number of ether oxygens (including phenoxy) is 4. The molecule has 26 heteroatoms. The molecule has 0 aliphatic carbocycles. The molecule has 10 aromatic rings. The van der Waals surface area contributed by atoms with Crippen molar-refractivity contribution >= 4 is 95.7 Å². The van der Waals surface area contributed by atoms with Crippen LogP contribution in [0, 0.1) is 0 Å². The number of hydrogen-bond donors (Lipinski definition) is 1. The summed E-state index contributed by atoms with van der Waals surface area (Å²) in [5.41, 5.74) is 2.78. The fourth-order valence-electron chi connectivity index (χ4n) is 7.75. The van der Waals surface area contributed by atoms with Crippen LogP contribution in [-0.2, 0) is 33.1 Å². The summed E-state index contributed by atoms with van der Waals surface area (Å²) >= 11 is 17.7. The topological polar surface area (TPSA) is 244 Å². The fraction of sp³-hybridized carbons (Fsp3) is 0.111. The van der Waals surface area contributed by atoms with Crippen LogP contribution in [0.1, 0.15) is 11.1 Å². The molecule has 0 aliphatic rings. The summed E-state index contributed by atoms with van der Waals surface area (Å²) in [5.74, 6) is 2.75. The number of halogens is 3. The predicted octanol–water partition coefficient (Wildman–Crippen LogP) is 9.88. The van der Waals surface area contributed by atoms with E-state index in [0.717, 1.165) is 16.5 Å². The van der Waals surface area contributed by atoms with Crippen LogP contribution in [-0.4, -0.2) is 97.9 Å². The molecule has 6 aromatic heterocycles. The Hall–Kier alpha value is -8.45. The zero-order valence-corrected chi connectivity index (χ0v) is 46.6. The second-order valence-electron chi connectivity index (χ2n) is 16.4. The first-order chi connectivity index (χ1) is 38.7. The van der Waals surface area contributed by atoms with E-state index in [9.17, 15) is 16.8 Å². The molecule has 0 bridgehead atoms. The Morgan fingerprint density at radius 2 is 1.00 bits per heavy atom. The number of methoxy groups -OCH3 is 4. The average molecular weight is 1180 g/mol. The fourth-order valence-corrected chi connectivity index (χ4v) is 11.1. The van der Waals surface area contributed by atoms with Gasteiger partial charge in [-0.05, 0) is 113 Å². The maximum atomic E-state index is 14.0. The van der Waals surface area contributed by atoms with E-state index < -0.39 is 20.0 Å². The third kappa shape index (κ3) is 13.7. The van der Waals surface area contributed by atoms with E-state index in [0.29, 0.717) is 73.7 Å². The van der Waals surface area contributed by atoms with E-state index >= 15 is 0 Å². The van der Waals surface area contributed by atoms with Gasteiger partial charge in [-0.1, -0.05) is 65.1 Å². The van der Waals surface area contributed by atoms with Crippen molar-refractivity contribution in [3.63, 3.8) is 0 Å². The van der Waals surface area contributed by atoms with Crippen molar-refractivity contribution < 1.29 is 45.5 Å². The number of anilines is 2. The van der Waals surface area contributed by atoms with E-state index in [-0.39, 0.29) is 40.4 Å². The van der Waals surface area contributed by atoms with Crippen LogP contribution in [0.25, 0.3) is 32.8 Å². The number of benzene rings is 4. The molecule has 0 aliphatic heterocycles. The van der Waals surface area contributed by atoms with E-state index in [1.165, 1.54) is 60.0 Å². The van der Waals surface area contributed by atoms with Crippen molar-refractivity contribution in [2.75, 3.05) is 37.0 Å². The molecule has 0 saturated heterocycles. The summed E-state index contributed by atoms with van der Waals surface area (Å²) in [6.45, 7) is 0.162. The van der Waals surface area contributed by atoms with Crippen molar-refractivity contribution in [1.82, 2.24) is 39.9 Å². The van der Waals surface area contributed by atoms with Crippen LogP contribution >= 0.6 is 34.8 Å². The largest absolute Gasteiger partial charge is 0.569 e. The molecular formula is C54H45BCl3N10O10S2. The standard InChI is InChI=1S/C27H22ClN5O4S.C21H17ClN4O3S.C6H6BClNO3/c1-36-20-5-3-18(4-6-20)16-33(25-12-13-29-17-31-25)38(34,35)21-7-8-22-19(15-21)11-14-30-26(22)23-9-10-24(28)32-27(23)37-2;1-29-17-4-2-15(3-5-17)13-26(20-9-10-23-14-25-20)30(27,28)18-6-7-19-16(12-18)8-11-24-21(19)22;1-11-6-4(12-7-10)2-3-5(8)9-6/h3-15,17H,16H2,1-2H3;2-12,14H,13H2,1H3;2-3,10H,1H3. The van der Waals surface area contributed by atoms with Crippen molar-refractivity contribution in [3.8, 4) is 40.3 Å². The van der Waals surface area contributed by atoms with Gasteiger partial charge < -0.3 is 28.6 Å². The SMILES string of the molecule is COc1ccc(CN(c2ccncn2)S(=O)(=O)c2ccc3c(-c4ccc(Cl)nc4OC)nccc3c2)cc1.COc1ccc(CN(c2ccncn2)S(=O)(=O)c2ccc3c(Cl)nccc3c2)cc1.COc1nc(Cl)ccc1O[B]O. The number of rotatable bonds is 17. The zero-order valence-electron chi connectivity index (χ0n) is 42.7. The number of pyridine rings is 4. The number of hydrogen-bond acceptors (Lipinski definition) is 18. The lowest BCUT2D eigenvalue weighted by molar-refractivity contribution is 0.367. The van der Waals surface area contributed by atoms with E-state index in [1.807, 2.05) is 24.3 Å². The van der Waals surface area contributed by atoms with Crippen molar-refractivity contribution in [2.24, 2.45) is 0 Å². The van der Waals surface area contributed by atoms with Gasteiger partial charge in [-0.15, -0.1) is 0 Å². The van der Waals surface area contributed by atoms with E-state index in [4.69, 9.17) is 58.8 Å². The molecule has 4 aromatic carbocycles. The number of fused-ring (bicyclic) bond motifs is 2. The molecule has 0 atom stereocenters. The van der Waals surface area contributed by atoms with Crippen LogP contribution < -0.4 is 32.2 Å². The Morgan fingerprint density at radius 1 is 0.512 bits per heavy atom. The Kier molecular flexibility index (Phi) is 19.1. The van der Waals surface area contributed by atoms with Crippen LogP contribution in [0.5, 0.6) is 29.0 Å². The Balaban J connectivity index is 0.000000178. The van der Waals surface area contributed by atoms with Crippen LogP contribution in [0.2, 0.25) is 15.5 Å². The molecule has 0 fully saturated rings. The van der Waals surface area contributed by atoms with Gasteiger partial charge >= 0.3 is 7.69 Å². The smallest absolute Gasteiger partial charge is 0.534 e. The van der Waals surface area contributed by atoms with Gasteiger partial charge in [0.05, 0.1) is 62.6 Å². The quantitative estimate of drug-likeness (QED) is 0.0658. The van der Waals surface area contributed by atoms with Crippen molar-refractivity contribution in [1.29, 1.82) is 0 Å². The Labute approximate surface area is 476 Å². The number of aromatic nitrogens is 8. The molecule has 6 heterocycles. The molecule has 0 unspecified atom stereocenters. The highest BCUT2D eigenvalue weighted by Gasteiger charge is 2.29. The van der Waals surface area contributed by atoms with Gasteiger partial charge in [-0.25, -0.2) is 55.3 Å². The first-order valence-electron chi connectivity index (χ1n) is 23.5. The lowest BCUT2D eigenvalue weighted by Gasteiger charge is -2.24. The molecule has 1 radical (unpaired) electrons. The summed E-state index contributed by atoms with van der Waals surface area (Å²) in [5, 5.41) is 12.0. The minimum Gasteiger partial charge on any atom is -0.534 e. The van der Waals surface area contributed by atoms with Crippen molar-refractivity contribution in [2.45, 2.75) is 22.9 Å². The highest BCUT2D eigenvalue weighted by Crippen LogP contribution is 2.36. The molecular weight excluding hydrogens is 1130 g/mol. The number of nitrogens with zero attached hydrogens (tertiary/aromatic N) is 10. The molecule has 20 nitrogen and oxygen atoms in total. The van der Waals surface area contributed by atoms with Gasteiger partial charge in [-0.3, -0.25) is 4.98 Å². The monoisotopic (exact) mass is 1170 g/mol.